The fourth-order valence-electron chi connectivity index (χ4n) is 6.80. The fraction of sp³-hybridized carbons (Fsp3) is 0.400. The van der Waals surface area contributed by atoms with Crippen LogP contribution in [0.3, 0.4) is 0 Å². The van der Waals surface area contributed by atoms with Gasteiger partial charge in [0.1, 0.15) is 5.54 Å². The first-order chi connectivity index (χ1) is 16.2. The van der Waals surface area contributed by atoms with Gasteiger partial charge in [0.25, 0.3) is 5.91 Å². The molecule has 0 aromatic heterocycles. The van der Waals surface area contributed by atoms with Gasteiger partial charge < -0.3 is 4.90 Å². The molecule has 6 nitrogen and oxygen atoms in total. The van der Waals surface area contributed by atoms with Crippen LogP contribution in [-0.2, 0) is 26.1 Å². The van der Waals surface area contributed by atoms with E-state index in [0.717, 1.165) is 18.6 Å². The average Bonchev–Trinajstić information content (AvgIpc) is 3.50. The lowest BCUT2D eigenvalue weighted by Gasteiger charge is -2.37. The van der Waals surface area contributed by atoms with Gasteiger partial charge >= 0.3 is 6.18 Å². The summed E-state index contributed by atoms with van der Waals surface area (Å²) in [6, 6.07) is 11.5. The maximum atomic E-state index is 14.0. The van der Waals surface area contributed by atoms with E-state index in [4.69, 9.17) is 0 Å². The number of imide groups is 1. The SMILES string of the molecule is CCN1C(=O)C2(c3ccccc31)C1C(=O)N(c3ccccc3C(F)(F)F)C(=O)C1C1CCCN12. The predicted molar refractivity (Wildman–Crippen MR) is 117 cm³/mol. The monoisotopic (exact) mass is 469 g/mol. The van der Waals surface area contributed by atoms with Gasteiger partial charge in [-0.3, -0.25) is 19.3 Å². The van der Waals surface area contributed by atoms with Gasteiger partial charge in [-0.1, -0.05) is 30.3 Å². The highest BCUT2D eigenvalue weighted by atomic mass is 19.4. The van der Waals surface area contributed by atoms with Crippen LogP contribution in [0.2, 0.25) is 0 Å². The van der Waals surface area contributed by atoms with Gasteiger partial charge in [-0.15, -0.1) is 0 Å². The minimum Gasteiger partial charge on any atom is -0.310 e. The topological polar surface area (TPSA) is 60.9 Å². The molecule has 3 amide bonds. The van der Waals surface area contributed by atoms with Crippen molar-refractivity contribution in [3.8, 4) is 0 Å². The Morgan fingerprint density at radius 1 is 0.971 bits per heavy atom. The lowest BCUT2D eigenvalue weighted by molar-refractivity contribution is -0.138. The van der Waals surface area contributed by atoms with Gasteiger partial charge in [0.2, 0.25) is 11.8 Å². The van der Waals surface area contributed by atoms with Crippen molar-refractivity contribution >= 4 is 29.1 Å². The Morgan fingerprint density at radius 3 is 2.35 bits per heavy atom. The van der Waals surface area contributed by atoms with E-state index in [0.29, 0.717) is 35.7 Å². The molecule has 0 bridgehead atoms. The molecule has 4 heterocycles. The van der Waals surface area contributed by atoms with Crippen LogP contribution < -0.4 is 9.80 Å². The smallest absolute Gasteiger partial charge is 0.310 e. The molecule has 4 unspecified atom stereocenters. The summed E-state index contributed by atoms with van der Waals surface area (Å²) < 4.78 is 41.4. The molecule has 4 aliphatic heterocycles. The van der Waals surface area contributed by atoms with E-state index in [2.05, 4.69) is 0 Å². The lowest BCUT2D eigenvalue weighted by Crippen LogP contribution is -2.56. The van der Waals surface area contributed by atoms with Crippen molar-refractivity contribution in [2.75, 3.05) is 22.9 Å². The van der Waals surface area contributed by atoms with Crippen LogP contribution in [0.4, 0.5) is 24.5 Å². The highest BCUT2D eigenvalue weighted by Gasteiger charge is 2.75. The number of fused-ring (bicyclic) bond motifs is 7. The first-order valence-electron chi connectivity index (χ1n) is 11.5. The molecule has 0 radical (unpaired) electrons. The normalized spacial score (nSPS) is 30.5. The molecule has 9 heteroatoms. The van der Waals surface area contributed by atoms with Crippen LogP contribution in [0.5, 0.6) is 0 Å². The summed E-state index contributed by atoms with van der Waals surface area (Å²) >= 11 is 0. The number of alkyl halides is 3. The zero-order chi connectivity index (χ0) is 24.0. The largest absolute Gasteiger partial charge is 0.418 e. The summed E-state index contributed by atoms with van der Waals surface area (Å²) in [6.07, 6.45) is -3.38. The van der Waals surface area contributed by atoms with Gasteiger partial charge in [0.15, 0.2) is 0 Å². The van der Waals surface area contributed by atoms with E-state index >= 15 is 0 Å². The number of carbonyl (C=O) groups is 3. The van der Waals surface area contributed by atoms with Crippen molar-refractivity contribution in [2.45, 2.75) is 37.5 Å². The number of anilines is 2. The fourth-order valence-corrected chi connectivity index (χ4v) is 6.80. The van der Waals surface area contributed by atoms with E-state index < -0.39 is 46.6 Å². The second-order valence-electron chi connectivity index (χ2n) is 9.27. The summed E-state index contributed by atoms with van der Waals surface area (Å²) in [7, 11) is 0. The number of hydrogen-bond donors (Lipinski definition) is 0. The summed E-state index contributed by atoms with van der Waals surface area (Å²) in [6.45, 7) is 2.78. The first-order valence-corrected chi connectivity index (χ1v) is 11.5. The van der Waals surface area contributed by atoms with Crippen LogP contribution in [0.1, 0.15) is 30.9 Å². The number of benzene rings is 2. The van der Waals surface area contributed by atoms with E-state index in [-0.39, 0.29) is 11.9 Å². The Balaban J connectivity index is 1.57. The zero-order valence-electron chi connectivity index (χ0n) is 18.4. The molecular formula is C25H22F3N3O3. The predicted octanol–water partition coefficient (Wildman–Crippen LogP) is 3.55. The molecule has 0 aliphatic carbocycles. The Hall–Kier alpha value is -3.20. The van der Waals surface area contributed by atoms with Crippen LogP contribution >= 0.6 is 0 Å². The summed E-state index contributed by atoms with van der Waals surface area (Å²) in [5.74, 6) is -3.60. The quantitative estimate of drug-likeness (QED) is 0.632. The minimum absolute atomic E-state index is 0.275. The van der Waals surface area contributed by atoms with E-state index in [9.17, 15) is 27.6 Å². The number of hydrogen-bond acceptors (Lipinski definition) is 4. The average molecular weight is 469 g/mol. The third-order valence-corrected chi connectivity index (χ3v) is 7.91. The molecule has 6 rings (SSSR count). The standard InChI is InChI=1S/C25H22F3N3O3/c1-2-29-16-10-5-3-8-14(16)24(23(29)34)20-19(18-12-7-13-30(18)24)21(32)31(22(20)33)17-11-6-4-9-15(17)25(26,27)28/h3-6,8-11,18-20H,2,7,12-13H2,1H3. The number of para-hydroxylation sites is 2. The maximum Gasteiger partial charge on any atom is 0.418 e. The van der Waals surface area contributed by atoms with Crippen molar-refractivity contribution in [1.82, 2.24) is 4.90 Å². The molecule has 2 aromatic carbocycles. The van der Waals surface area contributed by atoms with Gasteiger partial charge in [-0.2, -0.15) is 13.2 Å². The number of rotatable bonds is 2. The molecule has 1 spiro atoms. The van der Waals surface area contributed by atoms with Gasteiger partial charge in [0, 0.05) is 23.8 Å². The summed E-state index contributed by atoms with van der Waals surface area (Å²) in [5, 5.41) is 0. The molecule has 176 valence electrons. The van der Waals surface area contributed by atoms with E-state index in [1.165, 1.54) is 12.1 Å². The van der Waals surface area contributed by atoms with Crippen LogP contribution in [0.25, 0.3) is 0 Å². The molecule has 2 aromatic rings. The van der Waals surface area contributed by atoms with Gasteiger partial charge in [-0.25, -0.2) is 4.90 Å². The number of carbonyl (C=O) groups excluding carboxylic acids is 3. The third kappa shape index (κ3) is 2.38. The van der Waals surface area contributed by atoms with Crippen LogP contribution in [0, 0.1) is 11.8 Å². The van der Waals surface area contributed by atoms with Gasteiger partial charge in [-0.05, 0) is 44.5 Å². The Bertz CT molecular complexity index is 1250. The zero-order valence-corrected chi connectivity index (χ0v) is 18.4. The maximum absolute atomic E-state index is 14.0. The van der Waals surface area contributed by atoms with Crippen molar-refractivity contribution in [3.63, 3.8) is 0 Å². The molecule has 3 saturated heterocycles. The second-order valence-corrected chi connectivity index (χ2v) is 9.27. The molecular weight excluding hydrogens is 447 g/mol. The highest BCUT2D eigenvalue weighted by molar-refractivity contribution is 6.26. The molecule has 4 atom stereocenters. The van der Waals surface area contributed by atoms with Crippen molar-refractivity contribution in [2.24, 2.45) is 11.8 Å². The molecule has 3 fully saturated rings. The van der Waals surface area contributed by atoms with Crippen molar-refractivity contribution in [3.05, 3.63) is 59.7 Å². The summed E-state index contributed by atoms with van der Waals surface area (Å²) in [5.41, 5.74) is -1.54. The molecule has 0 saturated carbocycles. The third-order valence-electron chi connectivity index (χ3n) is 7.91. The number of likely N-dealkylation sites (N-methyl/N-ethyl adjacent to an activating group) is 1. The Kier molecular flexibility index (Phi) is 4.34. The first kappa shape index (κ1) is 21.3. The molecule has 0 N–H and O–H groups in total. The van der Waals surface area contributed by atoms with Crippen LogP contribution in [0.15, 0.2) is 48.5 Å². The number of nitrogens with zero attached hydrogens (tertiary/aromatic N) is 3. The lowest BCUT2D eigenvalue weighted by atomic mass is 9.75. The van der Waals surface area contributed by atoms with Crippen LogP contribution in [-0.4, -0.2) is 41.8 Å². The van der Waals surface area contributed by atoms with Crippen molar-refractivity contribution in [1.29, 1.82) is 0 Å². The highest BCUT2D eigenvalue weighted by Crippen LogP contribution is 2.62. The van der Waals surface area contributed by atoms with Gasteiger partial charge in [0.05, 0.1) is 23.1 Å². The Labute approximate surface area is 193 Å². The minimum atomic E-state index is -4.74. The van der Waals surface area contributed by atoms with E-state index in [1.54, 1.807) is 11.0 Å². The molecule has 34 heavy (non-hydrogen) atoms. The molecule has 4 aliphatic rings. The number of halogens is 3. The summed E-state index contributed by atoms with van der Waals surface area (Å²) in [4.78, 5) is 46.0. The van der Waals surface area contributed by atoms with E-state index in [1.807, 2.05) is 30.0 Å². The number of amides is 3. The Morgan fingerprint density at radius 2 is 1.65 bits per heavy atom. The second kappa shape index (κ2) is 6.91. The van der Waals surface area contributed by atoms with Crippen molar-refractivity contribution < 1.29 is 27.6 Å².